The van der Waals surface area contributed by atoms with Crippen molar-refractivity contribution in [1.82, 2.24) is 9.36 Å². The summed E-state index contributed by atoms with van der Waals surface area (Å²) in [7, 11) is 3.21. The van der Waals surface area contributed by atoms with Gasteiger partial charge in [-0.2, -0.15) is 4.37 Å². The minimum absolute atomic E-state index is 0.248. The molecule has 0 atom stereocenters. The lowest BCUT2D eigenvalue weighted by molar-refractivity contribution is 0.395. The monoisotopic (exact) mass is 256 g/mol. The minimum Gasteiger partial charge on any atom is -0.497 e. The van der Waals surface area contributed by atoms with Gasteiger partial charge in [0.2, 0.25) is 5.28 Å². The minimum atomic E-state index is 0.248. The molecule has 0 saturated heterocycles. The van der Waals surface area contributed by atoms with Crippen molar-refractivity contribution in [3.05, 3.63) is 23.5 Å². The van der Waals surface area contributed by atoms with Crippen LogP contribution in [0.3, 0.4) is 0 Å². The Hall–Kier alpha value is -1.33. The summed E-state index contributed by atoms with van der Waals surface area (Å²) in [6, 6.07) is 5.51. The van der Waals surface area contributed by atoms with Crippen molar-refractivity contribution >= 4 is 23.1 Å². The number of hydrogen-bond acceptors (Lipinski definition) is 5. The Kier molecular flexibility index (Phi) is 3.26. The Bertz CT molecular complexity index is 501. The predicted molar refractivity (Wildman–Crippen MR) is 63.5 cm³/mol. The molecule has 0 fully saturated rings. The van der Waals surface area contributed by atoms with Gasteiger partial charge in [-0.1, -0.05) is 0 Å². The largest absolute Gasteiger partial charge is 0.497 e. The van der Waals surface area contributed by atoms with Gasteiger partial charge in [0.25, 0.3) is 0 Å². The van der Waals surface area contributed by atoms with Gasteiger partial charge in [-0.05, 0) is 35.3 Å². The molecule has 84 valence electrons. The van der Waals surface area contributed by atoms with Gasteiger partial charge in [0.05, 0.1) is 19.8 Å². The number of hydrogen-bond donors (Lipinski definition) is 0. The molecule has 0 spiro atoms. The number of ether oxygens (including phenoxy) is 2. The fourth-order valence-electron chi connectivity index (χ4n) is 1.29. The Morgan fingerprint density at radius 2 is 2.06 bits per heavy atom. The second-order valence-electron chi connectivity index (χ2n) is 2.93. The molecule has 1 aromatic carbocycles. The lowest BCUT2D eigenvalue weighted by Crippen LogP contribution is -1.89. The van der Waals surface area contributed by atoms with E-state index in [4.69, 9.17) is 21.1 Å². The van der Waals surface area contributed by atoms with Crippen LogP contribution >= 0.6 is 23.1 Å². The average Bonchev–Trinajstić information content (AvgIpc) is 2.74. The van der Waals surface area contributed by atoms with E-state index in [0.717, 1.165) is 16.3 Å². The molecule has 0 aliphatic heterocycles. The normalized spacial score (nSPS) is 10.2. The van der Waals surface area contributed by atoms with Crippen LogP contribution in [-0.2, 0) is 0 Å². The zero-order chi connectivity index (χ0) is 11.5. The SMILES string of the molecule is COc1ccc(-c2nc(Cl)ns2)c(OC)c1. The van der Waals surface area contributed by atoms with Gasteiger partial charge >= 0.3 is 0 Å². The van der Waals surface area contributed by atoms with Crippen molar-refractivity contribution in [1.29, 1.82) is 0 Å². The molecule has 0 amide bonds. The van der Waals surface area contributed by atoms with E-state index in [1.165, 1.54) is 11.5 Å². The molecule has 0 bridgehead atoms. The highest BCUT2D eigenvalue weighted by Crippen LogP contribution is 2.34. The van der Waals surface area contributed by atoms with E-state index >= 15 is 0 Å². The van der Waals surface area contributed by atoms with Crippen molar-refractivity contribution in [3.8, 4) is 22.1 Å². The second kappa shape index (κ2) is 4.67. The summed E-state index contributed by atoms with van der Waals surface area (Å²) < 4.78 is 14.3. The molecular weight excluding hydrogens is 248 g/mol. The molecule has 0 aliphatic carbocycles. The van der Waals surface area contributed by atoms with Gasteiger partial charge in [-0.25, -0.2) is 4.98 Å². The summed E-state index contributed by atoms with van der Waals surface area (Å²) in [5.41, 5.74) is 0.854. The van der Waals surface area contributed by atoms with Crippen LogP contribution in [0.25, 0.3) is 10.6 Å². The third-order valence-electron chi connectivity index (χ3n) is 2.04. The van der Waals surface area contributed by atoms with Crippen LogP contribution in [0.2, 0.25) is 5.28 Å². The van der Waals surface area contributed by atoms with Gasteiger partial charge in [0.1, 0.15) is 16.5 Å². The van der Waals surface area contributed by atoms with Gasteiger partial charge in [0, 0.05) is 6.07 Å². The molecule has 2 rings (SSSR count). The second-order valence-corrected chi connectivity index (χ2v) is 4.02. The Labute approximate surface area is 102 Å². The quantitative estimate of drug-likeness (QED) is 0.847. The number of nitrogens with zero attached hydrogens (tertiary/aromatic N) is 2. The fraction of sp³-hybridized carbons (Fsp3) is 0.200. The molecule has 0 radical (unpaired) electrons. The smallest absolute Gasteiger partial charge is 0.234 e. The maximum absolute atomic E-state index is 5.69. The van der Waals surface area contributed by atoms with E-state index < -0.39 is 0 Å². The van der Waals surface area contributed by atoms with E-state index in [0.29, 0.717) is 5.75 Å². The number of methoxy groups -OCH3 is 2. The third kappa shape index (κ3) is 2.10. The molecule has 4 nitrogen and oxygen atoms in total. The molecular formula is C10H9ClN2O2S. The van der Waals surface area contributed by atoms with Crippen LogP contribution in [0, 0.1) is 0 Å². The van der Waals surface area contributed by atoms with Crippen LogP contribution in [0.1, 0.15) is 0 Å². The maximum Gasteiger partial charge on any atom is 0.234 e. The average molecular weight is 257 g/mol. The zero-order valence-electron chi connectivity index (χ0n) is 8.73. The first kappa shape index (κ1) is 11.2. The molecule has 0 N–H and O–H groups in total. The first-order valence-electron chi connectivity index (χ1n) is 4.46. The van der Waals surface area contributed by atoms with E-state index in [-0.39, 0.29) is 5.28 Å². The summed E-state index contributed by atoms with van der Waals surface area (Å²) in [4.78, 5) is 4.10. The third-order valence-corrected chi connectivity index (χ3v) is 3.06. The van der Waals surface area contributed by atoms with Gasteiger partial charge in [-0.3, -0.25) is 0 Å². The molecule has 2 aromatic rings. The Morgan fingerprint density at radius 1 is 1.25 bits per heavy atom. The summed E-state index contributed by atoms with van der Waals surface area (Å²) in [6.07, 6.45) is 0. The number of aromatic nitrogens is 2. The topological polar surface area (TPSA) is 44.2 Å². The molecule has 0 unspecified atom stereocenters. The summed E-state index contributed by atoms with van der Waals surface area (Å²) in [6.45, 7) is 0. The molecule has 16 heavy (non-hydrogen) atoms. The van der Waals surface area contributed by atoms with Crippen molar-refractivity contribution in [2.45, 2.75) is 0 Å². The van der Waals surface area contributed by atoms with Gasteiger partial charge in [0.15, 0.2) is 0 Å². The Balaban J connectivity index is 2.48. The summed E-state index contributed by atoms with van der Waals surface area (Å²) >= 11 is 6.92. The lowest BCUT2D eigenvalue weighted by atomic mass is 10.2. The van der Waals surface area contributed by atoms with E-state index in [9.17, 15) is 0 Å². The van der Waals surface area contributed by atoms with Crippen molar-refractivity contribution < 1.29 is 9.47 Å². The van der Waals surface area contributed by atoms with Gasteiger partial charge < -0.3 is 9.47 Å². The van der Waals surface area contributed by atoms with E-state index in [1.807, 2.05) is 12.1 Å². The van der Waals surface area contributed by atoms with Crippen LogP contribution in [-0.4, -0.2) is 23.6 Å². The van der Waals surface area contributed by atoms with Crippen LogP contribution < -0.4 is 9.47 Å². The summed E-state index contributed by atoms with van der Waals surface area (Å²) in [5, 5.41) is 0.974. The highest BCUT2D eigenvalue weighted by Gasteiger charge is 2.11. The Morgan fingerprint density at radius 3 is 2.62 bits per heavy atom. The number of rotatable bonds is 3. The first-order valence-corrected chi connectivity index (χ1v) is 5.61. The standard InChI is InChI=1S/C10H9ClN2O2S/c1-14-6-3-4-7(8(5-6)15-2)9-12-10(11)13-16-9/h3-5H,1-2H3. The number of halogens is 1. The molecule has 6 heteroatoms. The fourth-order valence-corrected chi connectivity index (χ4v) is 2.13. The first-order chi connectivity index (χ1) is 7.74. The van der Waals surface area contributed by atoms with Crippen LogP contribution in [0.5, 0.6) is 11.5 Å². The molecule has 1 aromatic heterocycles. The van der Waals surface area contributed by atoms with Crippen molar-refractivity contribution in [2.24, 2.45) is 0 Å². The summed E-state index contributed by atoms with van der Waals surface area (Å²) in [5.74, 6) is 1.42. The number of benzene rings is 1. The molecule has 0 aliphatic rings. The predicted octanol–water partition coefficient (Wildman–Crippen LogP) is 2.88. The van der Waals surface area contributed by atoms with Crippen molar-refractivity contribution in [2.75, 3.05) is 14.2 Å². The van der Waals surface area contributed by atoms with Crippen LogP contribution in [0.15, 0.2) is 18.2 Å². The molecule has 0 saturated carbocycles. The highest BCUT2D eigenvalue weighted by atomic mass is 35.5. The van der Waals surface area contributed by atoms with E-state index in [2.05, 4.69) is 9.36 Å². The van der Waals surface area contributed by atoms with E-state index in [1.54, 1.807) is 20.3 Å². The maximum atomic E-state index is 5.69. The lowest BCUT2D eigenvalue weighted by Gasteiger charge is -2.07. The van der Waals surface area contributed by atoms with Crippen molar-refractivity contribution in [3.63, 3.8) is 0 Å². The molecule has 1 heterocycles. The van der Waals surface area contributed by atoms with Crippen LogP contribution in [0.4, 0.5) is 0 Å². The zero-order valence-corrected chi connectivity index (χ0v) is 10.3. The van der Waals surface area contributed by atoms with Gasteiger partial charge in [-0.15, -0.1) is 0 Å². The highest BCUT2D eigenvalue weighted by molar-refractivity contribution is 7.09.